The highest BCUT2D eigenvalue weighted by molar-refractivity contribution is 5.90. The van der Waals surface area contributed by atoms with E-state index in [1.165, 1.54) is 0 Å². The Balaban J connectivity index is 2.38. The molecule has 1 aromatic carbocycles. The summed E-state index contributed by atoms with van der Waals surface area (Å²) in [4.78, 5) is 0. The van der Waals surface area contributed by atoms with Crippen LogP contribution in [0.2, 0.25) is 0 Å². The molecule has 0 radical (unpaired) electrons. The zero-order valence-electron chi connectivity index (χ0n) is 12.7. The summed E-state index contributed by atoms with van der Waals surface area (Å²) in [5.74, 6) is -2.40. The van der Waals surface area contributed by atoms with E-state index >= 15 is 0 Å². The Hall–Kier alpha value is -2.88. The molecule has 0 amide bonds. The van der Waals surface area contributed by atoms with Crippen molar-refractivity contribution in [3.05, 3.63) is 35.9 Å². The van der Waals surface area contributed by atoms with Gasteiger partial charge in [-0.25, -0.2) is 0 Å². The zero-order valence-corrected chi connectivity index (χ0v) is 12.7. The number of nitrogens with zero attached hydrogens (tertiary/aromatic N) is 3. The van der Waals surface area contributed by atoms with Gasteiger partial charge < -0.3 is 9.47 Å². The maximum absolute atomic E-state index is 9.97. The molecule has 0 aromatic heterocycles. The average molecular weight is 306 g/mol. The van der Waals surface area contributed by atoms with E-state index in [-0.39, 0.29) is 5.90 Å². The molecule has 114 valence electrons. The van der Waals surface area contributed by atoms with Gasteiger partial charge in [-0.1, -0.05) is 30.3 Å². The predicted molar refractivity (Wildman–Crippen MR) is 78.7 cm³/mol. The van der Waals surface area contributed by atoms with Gasteiger partial charge in [-0.15, -0.1) is 0 Å². The van der Waals surface area contributed by atoms with Crippen LogP contribution in [0.5, 0.6) is 0 Å². The van der Waals surface area contributed by atoms with Crippen LogP contribution in [0.15, 0.2) is 30.3 Å². The number of ether oxygens (including phenoxy) is 2. The van der Waals surface area contributed by atoms with Crippen LogP contribution in [0.3, 0.4) is 0 Å². The van der Waals surface area contributed by atoms with Gasteiger partial charge in [-0.2, -0.15) is 15.8 Å². The Morgan fingerprint density at radius 1 is 1.09 bits per heavy atom. The average Bonchev–Trinajstić information content (AvgIpc) is 2.73. The summed E-state index contributed by atoms with van der Waals surface area (Å²) in [6.45, 7) is 3.22. The van der Waals surface area contributed by atoms with E-state index in [0.29, 0.717) is 5.56 Å². The summed E-state index contributed by atoms with van der Waals surface area (Å²) in [7, 11) is 0. The van der Waals surface area contributed by atoms with Gasteiger partial charge in [0, 0.05) is 6.92 Å². The third-order valence-corrected chi connectivity index (χ3v) is 4.92. The Kier molecular flexibility index (Phi) is 2.98. The summed E-state index contributed by atoms with van der Waals surface area (Å²) in [5, 5.41) is 37.7. The molecule has 2 saturated heterocycles. The minimum atomic E-state index is -1.82. The van der Waals surface area contributed by atoms with Crippen molar-refractivity contribution < 1.29 is 9.47 Å². The molecule has 23 heavy (non-hydrogen) atoms. The van der Waals surface area contributed by atoms with E-state index in [0.717, 1.165) is 0 Å². The van der Waals surface area contributed by atoms with Gasteiger partial charge in [0.1, 0.15) is 0 Å². The lowest BCUT2D eigenvalue weighted by molar-refractivity contribution is -0.245. The maximum atomic E-state index is 9.97. The fourth-order valence-corrected chi connectivity index (χ4v) is 3.91. The van der Waals surface area contributed by atoms with Gasteiger partial charge in [0.05, 0.1) is 30.2 Å². The predicted octanol–water partition coefficient (Wildman–Crippen LogP) is 2.46. The summed E-state index contributed by atoms with van der Waals surface area (Å²) in [5.41, 5.74) is -2.85. The molecule has 4 atom stereocenters. The molecule has 0 spiro atoms. The van der Waals surface area contributed by atoms with Crippen molar-refractivity contribution >= 4 is 5.90 Å². The highest BCUT2D eigenvalue weighted by atomic mass is 16.7. The molecule has 6 nitrogen and oxygen atoms in total. The lowest BCUT2D eigenvalue weighted by atomic mass is 9.53. The number of hydrogen-bond acceptors (Lipinski definition) is 6. The molecule has 1 N–H and O–H groups in total. The standard InChI is InChI=1S/C17H14N4O2/c1-11-16(8-18,9-19)17(10-20)13(12-6-4-3-5-7-12)15(2,22-11)23-14(17)21/h3-7,11,13,21H,1-2H3. The minimum Gasteiger partial charge on any atom is -0.447 e. The van der Waals surface area contributed by atoms with Gasteiger partial charge in [0.25, 0.3) is 0 Å². The molecule has 6 heteroatoms. The number of hydrogen-bond donors (Lipinski definition) is 1. The van der Waals surface area contributed by atoms with Crippen LogP contribution in [0.25, 0.3) is 0 Å². The fourth-order valence-electron chi connectivity index (χ4n) is 3.91. The van der Waals surface area contributed by atoms with Crippen molar-refractivity contribution in [2.75, 3.05) is 0 Å². The molecular formula is C17H14N4O2. The van der Waals surface area contributed by atoms with Crippen LogP contribution in [-0.4, -0.2) is 17.8 Å². The van der Waals surface area contributed by atoms with Crippen molar-refractivity contribution in [2.45, 2.75) is 31.7 Å². The quantitative estimate of drug-likeness (QED) is 0.856. The molecule has 3 rings (SSSR count). The topological polar surface area (TPSA) is 114 Å². The fraction of sp³-hybridized carbons (Fsp3) is 0.412. The lowest BCUT2D eigenvalue weighted by Crippen LogP contribution is -2.59. The molecule has 2 bridgehead atoms. The SMILES string of the molecule is CC1OC2(C)OC(=N)C(C#N)(C2c2ccccc2)C1(C#N)C#N. The van der Waals surface area contributed by atoms with E-state index in [2.05, 4.69) is 6.07 Å². The summed E-state index contributed by atoms with van der Waals surface area (Å²) < 4.78 is 11.5. The van der Waals surface area contributed by atoms with Crippen molar-refractivity contribution in [3.8, 4) is 18.2 Å². The van der Waals surface area contributed by atoms with Gasteiger partial charge in [-0.05, 0) is 12.5 Å². The molecule has 1 aromatic rings. The summed E-state index contributed by atoms with van der Waals surface area (Å²) in [6.07, 6.45) is -0.870. The van der Waals surface area contributed by atoms with Crippen LogP contribution in [0.1, 0.15) is 25.3 Å². The molecular weight excluding hydrogens is 292 g/mol. The third kappa shape index (κ3) is 1.50. The Bertz CT molecular complexity index is 787. The summed E-state index contributed by atoms with van der Waals surface area (Å²) in [6, 6.07) is 15.0. The third-order valence-electron chi connectivity index (χ3n) is 4.92. The number of nitriles is 3. The number of nitrogens with one attached hydrogen (secondary N) is 1. The second-order valence-corrected chi connectivity index (χ2v) is 6.00. The first-order valence-electron chi connectivity index (χ1n) is 7.16. The van der Waals surface area contributed by atoms with E-state index in [9.17, 15) is 15.8 Å². The first kappa shape index (κ1) is 15.0. The summed E-state index contributed by atoms with van der Waals surface area (Å²) >= 11 is 0. The van der Waals surface area contributed by atoms with Gasteiger partial charge in [-0.3, -0.25) is 5.41 Å². The van der Waals surface area contributed by atoms with Crippen LogP contribution in [0, 0.1) is 50.2 Å². The molecule has 4 unspecified atom stereocenters. The van der Waals surface area contributed by atoms with Crippen LogP contribution >= 0.6 is 0 Å². The number of rotatable bonds is 1. The van der Waals surface area contributed by atoms with Crippen molar-refractivity contribution in [1.29, 1.82) is 21.2 Å². The van der Waals surface area contributed by atoms with Gasteiger partial charge in [0.15, 0.2) is 10.8 Å². The van der Waals surface area contributed by atoms with E-state index in [1.54, 1.807) is 38.1 Å². The largest absolute Gasteiger partial charge is 0.447 e. The zero-order chi connectivity index (χ0) is 16.9. The molecule has 2 fully saturated rings. The van der Waals surface area contributed by atoms with E-state index in [4.69, 9.17) is 14.9 Å². The lowest BCUT2D eigenvalue weighted by Gasteiger charge is -2.47. The highest BCUT2D eigenvalue weighted by Gasteiger charge is 2.78. The first-order valence-corrected chi connectivity index (χ1v) is 7.16. The molecule has 2 aliphatic heterocycles. The smallest absolute Gasteiger partial charge is 0.218 e. The first-order chi connectivity index (χ1) is 10.9. The van der Waals surface area contributed by atoms with Crippen molar-refractivity contribution in [1.82, 2.24) is 0 Å². The normalized spacial score (nSPS) is 37.1. The highest BCUT2D eigenvalue weighted by Crippen LogP contribution is 2.65. The monoisotopic (exact) mass is 306 g/mol. The van der Waals surface area contributed by atoms with E-state index in [1.807, 2.05) is 18.2 Å². The second kappa shape index (κ2) is 4.56. The number of benzene rings is 1. The number of fused-ring (bicyclic) bond motifs is 2. The van der Waals surface area contributed by atoms with Crippen LogP contribution < -0.4 is 0 Å². The van der Waals surface area contributed by atoms with Gasteiger partial charge in [0.2, 0.25) is 11.7 Å². The van der Waals surface area contributed by atoms with Gasteiger partial charge >= 0.3 is 0 Å². The van der Waals surface area contributed by atoms with Crippen LogP contribution in [-0.2, 0) is 9.47 Å². The Morgan fingerprint density at radius 2 is 1.70 bits per heavy atom. The minimum absolute atomic E-state index is 0.385. The van der Waals surface area contributed by atoms with E-state index < -0.39 is 28.6 Å². The molecule has 2 heterocycles. The Morgan fingerprint density at radius 3 is 2.22 bits per heavy atom. The van der Waals surface area contributed by atoms with Crippen molar-refractivity contribution in [3.63, 3.8) is 0 Å². The molecule has 0 saturated carbocycles. The second-order valence-electron chi connectivity index (χ2n) is 6.00. The maximum Gasteiger partial charge on any atom is 0.218 e. The molecule has 0 aliphatic carbocycles. The molecule has 2 aliphatic rings. The van der Waals surface area contributed by atoms with Crippen LogP contribution in [0.4, 0.5) is 0 Å². The Labute approximate surface area is 134 Å². The van der Waals surface area contributed by atoms with Crippen molar-refractivity contribution in [2.24, 2.45) is 10.8 Å².